The first-order valence-corrected chi connectivity index (χ1v) is 9.74. The third-order valence-corrected chi connectivity index (χ3v) is 6.35. The maximum absolute atomic E-state index is 12.6. The van der Waals surface area contributed by atoms with Crippen LogP contribution in [0.25, 0.3) is 0 Å². The molecule has 10 heteroatoms. The number of rotatable bonds is 3. The van der Waals surface area contributed by atoms with Crippen molar-refractivity contribution < 1.29 is 22.8 Å². The molecule has 142 valence electrons. The molecular weight excluding hydrogens is 360 g/mol. The standard InChI is InChI=1S/C16H22N4O5S/c1-19(25-2)15(22)11-20-10-9-16(8-7-14(20)21)17-12-5-3-4-6-13(12)26(23,24)18-16/h3-6,17-18H,7-11H2,1-2H3/t16-/m0/s1. The Hall–Kier alpha value is -2.17. The van der Waals surface area contributed by atoms with Crippen molar-refractivity contribution in [2.24, 2.45) is 0 Å². The Morgan fingerprint density at radius 3 is 2.81 bits per heavy atom. The highest BCUT2D eigenvalue weighted by Crippen LogP contribution is 2.34. The van der Waals surface area contributed by atoms with Crippen LogP contribution >= 0.6 is 0 Å². The van der Waals surface area contributed by atoms with Gasteiger partial charge in [0.2, 0.25) is 15.9 Å². The number of likely N-dealkylation sites (N-methyl/N-ethyl adjacent to an activating group) is 1. The Kier molecular flexibility index (Phi) is 4.91. The fourth-order valence-corrected chi connectivity index (χ4v) is 4.76. The van der Waals surface area contributed by atoms with Crippen molar-refractivity contribution in [3.63, 3.8) is 0 Å². The minimum absolute atomic E-state index is 0.109. The van der Waals surface area contributed by atoms with E-state index in [0.717, 1.165) is 5.06 Å². The molecule has 9 nitrogen and oxygen atoms in total. The molecule has 1 fully saturated rings. The Bertz CT molecular complexity index is 828. The molecule has 0 unspecified atom stereocenters. The minimum Gasteiger partial charge on any atom is -0.365 e. The predicted octanol–water partition coefficient (Wildman–Crippen LogP) is 0.119. The lowest BCUT2D eigenvalue weighted by atomic mass is 10.0. The van der Waals surface area contributed by atoms with Crippen LogP contribution in [0.1, 0.15) is 19.3 Å². The molecule has 3 rings (SSSR count). The summed E-state index contributed by atoms with van der Waals surface area (Å²) < 4.78 is 27.9. The number of nitrogens with zero attached hydrogens (tertiary/aromatic N) is 2. The van der Waals surface area contributed by atoms with Gasteiger partial charge in [-0.2, -0.15) is 4.72 Å². The molecule has 1 aromatic carbocycles. The summed E-state index contributed by atoms with van der Waals surface area (Å²) in [6, 6.07) is 6.66. The summed E-state index contributed by atoms with van der Waals surface area (Å²) in [6.45, 7) is 0.141. The monoisotopic (exact) mass is 382 g/mol. The molecule has 0 aromatic heterocycles. The second kappa shape index (κ2) is 6.86. The Labute approximate surface area is 152 Å². The molecule has 0 radical (unpaired) electrons. The van der Waals surface area contributed by atoms with E-state index in [-0.39, 0.29) is 36.2 Å². The van der Waals surface area contributed by atoms with Crippen LogP contribution in [-0.2, 0) is 24.4 Å². The largest absolute Gasteiger partial charge is 0.365 e. The highest BCUT2D eigenvalue weighted by molar-refractivity contribution is 7.89. The number of para-hydroxylation sites is 1. The van der Waals surface area contributed by atoms with Crippen molar-refractivity contribution in [2.45, 2.75) is 29.8 Å². The number of fused-ring (bicyclic) bond motifs is 1. The van der Waals surface area contributed by atoms with Gasteiger partial charge in [0.1, 0.15) is 17.1 Å². The van der Waals surface area contributed by atoms with Gasteiger partial charge in [0.05, 0.1) is 12.8 Å². The van der Waals surface area contributed by atoms with Crippen molar-refractivity contribution in [1.82, 2.24) is 14.7 Å². The van der Waals surface area contributed by atoms with Crippen LogP contribution in [0.5, 0.6) is 0 Å². The number of hydroxylamine groups is 2. The van der Waals surface area contributed by atoms with Crippen molar-refractivity contribution in [2.75, 3.05) is 32.6 Å². The van der Waals surface area contributed by atoms with Crippen molar-refractivity contribution in [3.8, 4) is 0 Å². The summed E-state index contributed by atoms with van der Waals surface area (Å²) in [7, 11) is -0.837. The molecule has 1 spiro atoms. The summed E-state index contributed by atoms with van der Waals surface area (Å²) in [5, 5.41) is 4.31. The van der Waals surface area contributed by atoms with E-state index >= 15 is 0 Å². The quantitative estimate of drug-likeness (QED) is 0.719. The SMILES string of the molecule is CON(C)C(=O)CN1CC[C@@]2(CCC1=O)Nc1ccccc1S(=O)(=O)N2. The minimum atomic E-state index is -3.68. The van der Waals surface area contributed by atoms with Crippen LogP contribution in [-0.4, -0.2) is 63.1 Å². The van der Waals surface area contributed by atoms with E-state index in [1.54, 1.807) is 18.2 Å². The van der Waals surface area contributed by atoms with E-state index in [0.29, 0.717) is 18.5 Å². The molecule has 2 aliphatic rings. The second-order valence-corrected chi connectivity index (χ2v) is 8.10. The van der Waals surface area contributed by atoms with E-state index in [9.17, 15) is 18.0 Å². The summed E-state index contributed by atoms with van der Waals surface area (Å²) in [4.78, 5) is 30.9. The van der Waals surface area contributed by atoms with E-state index < -0.39 is 15.7 Å². The Balaban J connectivity index is 1.80. The van der Waals surface area contributed by atoms with Gasteiger partial charge >= 0.3 is 0 Å². The van der Waals surface area contributed by atoms with Crippen molar-refractivity contribution in [1.29, 1.82) is 0 Å². The number of sulfonamides is 1. The number of nitrogens with one attached hydrogen (secondary N) is 2. The van der Waals surface area contributed by atoms with Crippen LogP contribution < -0.4 is 10.0 Å². The number of carbonyl (C=O) groups excluding carboxylic acids is 2. The molecular formula is C16H22N4O5S. The molecule has 1 atom stereocenters. The van der Waals surface area contributed by atoms with Gasteiger partial charge in [0, 0.05) is 26.4 Å². The second-order valence-electron chi connectivity index (χ2n) is 6.45. The third-order valence-electron chi connectivity index (χ3n) is 4.76. The van der Waals surface area contributed by atoms with Gasteiger partial charge < -0.3 is 10.2 Å². The average Bonchev–Trinajstić information content (AvgIpc) is 2.74. The van der Waals surface area contributed by atoms with Gasteiger partial charge in [-0.05, 0) is 18.6 Å². The zero-order valence-electron chi connectivity index (χ0n) is 14.7. The van der Waals surface area contributed by atoms with Gasteiger partial charge in [0.15, 0.2) is 0 Å². The Morgan fingerprint density at radius 1 is 1.35 bits per heavy atom. The van der Waals surface area contributed by atoms with Crippen LogP contribution in [0.15, 0.2) is 29.2 Å². The molecule has 1 saturated heterocycles. The molecule has 2 N–H and O–H groups in total. The van der Waals surface area contributed by atoms with Gasteiger partial charge in [-0.1, -0.05) is 12.1 Å². The lowest BCUT2D eigenvalue weighted by Gasteiger charge is -2.39. The van der Waals surface area contributed by atoms with Crippen LogP contribution in [0.3, 0.4) is 0 Å². The number of amides is 2. The van der Waals surface area contributed by atoms with Gasteiger partial charge in [0.25, 0.3) is 5.91 Å². The number of anilines is 1. The van der Waals surface area contributed by atoms with Gasteiger partial charge in [-0.3, -0.25) is 14.4 Å². The number of likely N-dealkylation sites (tertiary alicyclic amines) is 1. The highest BCUT2D eigenvalue weighted by Gasteiger charge is 2.43. The molecule has 0 bridgehead atoms. The maximum Gasteiger partial charge on any atom is 0.265 e. The Morgan fingerprint density at radius 2 is 2.08 bits per heavy atom. The summed E-state index contributed by atoms with van der Waals surface area (Å²) in [5.41, 5.74) is -0.435. The molecule has 0 saturated carbocycles. The van der Waals surface area contributed by atoms with Crippen molar-refractivity contribution >= 4 is 27.5 Å². The first-order chi connectivity index (χ1) is 12.3. The summed E-state index contributed by atoms with van der Waals surface area (Å²) >= 11 is 0. The molecule has 0 aliphatic carbocycles. The van der Waals surface area contributed by atoms with Crippen LogP contribution in [0, 0.1) is 0 Å². The van der Waals surface area contributed by atoms with Gasteiger partial charge in [-0.15, -0.1) is 0 Å². The molecule has 2 amide bonds. The first kappa shape index (κ1) is 18.6. The molecule has 2 heterocycles. The number of hydrogen-bond donors (Lipinski definition) is 2. The van der Waals surface area contributed by atoms with Crippen LogP contribution in [0.4, 0.5) is 5.69 Å². The lowest BCUT2D eigenvalue weighted by molar-refractivity contribution is -0.171. The first-order valence-electron chi connectivity index (χ1n) is 8.26. The average molecular weight is 382 g/mol. The van der Waals surface area contributed by atoms with E-state index in [4.69, 9.17) is 4.84 Å². The third kappa shape index (κ3) is 3.53. The zero-order valence-corrected chi connectivity index (χ0v) is 15.5. The normalized spacial score (nSPS) is 24.5. The molecule has 1 aromatic rings. The zero-order chi connectivity index (χ0) is 18.9. The number of benzene rings is 1. The number of carbonyl (C=O) groups is 2. The van der Waals surface area contributed by atoms with Gasteiger partial charge in [-0.25, -0.2) is 13.5 Å². The fraction of sp³-hybridized carbons (Fsp3) is 0.500. The van der Waals surface area contributed by atoms with Crippen LogP contribution in [0.2, 0.25) is 0 Å². The fourth-order valence-electron chi connectivity index (χ4n) is 3.21. The predicted molar refractivity (Wildman–Crippen MR) is 93.3 cm³/mol. The lowest BCUT2D eigenvalue weighted by Crippen LogP contribution is -2.57. The topological polar surface area (TPSA) is 108 Å². The highest BCUT2D eigenvalue weighted by atomic mass is 32.2. The molecule has 2 aliphatic heterocycles. The molecule has 26 heavy (non-hydrogen) atoms. The van der Waals surface area contributed by atoms with E-state index in [1.165, 1.54) is 25.1 Å². The number of hydrogen-bond acceptors (Lipinski definition) is 6. The van der Waals surface area contributed by atoms with E-state index in [1.807, 2.05) is 0 Å². The van der Waals surface area contributed by atoms with Crippen molar-refractivity contribution in [3.05, 3.63) is 24.3 Å². The van der Waals surface area contributed by atoms with E-state index in [2.05, 4.69) is 10.0 Å². The smallest absolute Gasteiger partial charge is 0.265 e. The summed E-state index contributed by atoms with van der Waals surface area (Å²) in [6.07, 6.45) is 0.766. The summed E-state index contributed by atoms with van der Waals surface area (Å²) in [5.74, 6) is -0.543. The maximum atomic E-state index is 12.6.